The molecule has 0 bridgehead atoms. The molecule has 1 fully saturated rings. The summed E-state index contributed by atoms with van der Waals surface area (Å²) < 4.78 is 1.66. The molecule has 33 heavy (non-hydrogen) atoms. The van der Waals surface area contributed by atoms with Gasteiger partial charge < -0.3 is 5.41 Å². The second kappa shape index (κ2) is 13.3. The Morgan fingerprint density at radius 1 is 1.36 bits per heavy atom. The van der Waals surface area contributed by atoms with Crippen LogP contribution in [-0.4, -0.2) is 22.7 Å². The number of hydrogen-bond acceptors (Lipinski definition) is 3. The van der Waals surface area contributed by atoms with Crippen molar-refractivity contribution < 1.29 is 0 Å². The van der Waals surface area contributed by atoms with Crippen molar-refractivity contribution in [1.29, 1.82) is 5.41 Å². The van der Waals surface area contributed by atoms with Gasteiger partial charge in [-0.3, -0.25) is 0 Å². The fraction of sp³-hybridized carbons (Fsp3) is 0.345. The molecule has 1 saturated carbocycles. The zero-order valence-electron chi connectivity index (χ0n) is 20.4. The summed E-state index contributed by atoms with van der Waals surface area (Å²) in [6.45, 7) is 18.1. The first-order chi connectivity index (χ1) is 15.9. The minimum absolute atomic E-state index is 0.276. The highest BCUT2D eigenvalue weighted by molar-refractivity contribution is 5.89. The van der Waals surface area contributed by atoms with E-state index in [0.29, 0.717) is 11.4 Å². The van der Waals surface area contributed by atoms with Crippen molar-refractivity contribution in [3.05, 3.63) is 96.4 Å². The lowest BCUT2D eigenvalue weighted by Gasteiger charge is -2.30. The van der Waals surface area contributed by atoms with Crippen LogP contribution in [0.15, 0.2) is 95.7 Å². The van der Waals surface area contributed by atoms with Crippen molar-refractivity contribution in [1.82, 2.24) is 9.78 Å². The van der Waals surface area contributed by atoms with Gasteiger partial charge in [0.1, 0.15) is 0 Å². The van der Waals surface area contributed by atoms with Gasteiger partial charge in [0.15, 0.2) is 5.82 Å². The molecule has 4 nitrogen and oxygen atoms in total. The fourth-order valence-corrected chi connectivity index (χ4v) is 4.07. The van der Waals surface area contributed by atoms with Gasteiger partial charge in [-0.2, -0.15) is 5.10 Å². The summed E-state index contributed by atoms with van der Waals surface area (Å²) >= 11 is 0. The SMILES string of the molecule is C=CC(=C\C=C/C)/C(=C/C(C=N)=C(\N=C)n1ccc(C)n1)CC(C=C)C/C=C/C1CC(C)C1. The van der Waals surface area contributed by atoms with Crippen LogP contribution in [0, 0.1) is 30.1 Å². The summed E-state index contributed by atoms with van der Waals surface area (Å²) in [6.07, 6.45) is 24.0. The molecule has 2 rings (SSSR count). The second-order valence-corrected chi connectivity index (χ2v) is 8.70. The first-order valence-corrected chi connectivity index (χ1v) is 11.6. The number of rotatable bonds is 13. The Kier molecular flexibility index (Phi) is 10.5. The third kappa shape index (κ3) is 7.67. The van der Waals surface area contributed by atoms with Gasteiger partial charge in [0.25, 0.3) is 0 Å². The molecule has 0 amide bonds. The predicted octanol–water partition coefficient (Wildman–Crippen LogP) is 7.51. The van der Waals surface area contributed by atoms with E-state index >= 15 is 0 Å². The van der Waals surface area contributed by atoms with Crippen LogP contribution in [0.5, 0.6) is 0 Å². The van der Waals surface area contributed by atoms with Gasteiger partial charge in [0, 0.05) is 18.0 Å². The van der Waals surface area contributed by atoms with Crippen LogP contribution in [0.4, 0.5) is 0 Å². The summed E-state index contributed by atoms with van der Waals surface area (Å²) in [5, 5.41) is 12.5. The maximum Gasteiger partial charge on any atom is 0.161 e. The first kappa shape index (κ1) is 26.0. The molecule has 1 N–H and O–H groups in total. The van der Waals surface area contributed by atoms with Crippen molar-refractivity contribution in [3.63, 3.8) is 0 Å². The Bertz CT molecular complexity index is 991. The average Bonchev–Trinajstić information content (AvgIpc) is 3.22. The van der Waals surface area contributed by atoms with Crippen molar-refractivity contribution in [3.8, 4) is 0 Å². The van der Waals surface area contributed by atoms with E-state index in [2.05, 4.69) is 49.0 Å². The van der Waals surface area contributed by atoms with E-state index in [4.69, 9.17) is 5.41 Å². The molecule has 0 aliphatic heterocycles. The lowest BCUT2D eigenvalue weighted by atomic mass is 9.76. The maximum atomic E-state index is 8.06. The van der Waals surface area contributed by atoms with E-state index in [1.54, 1.807) is 4.68 Å². The fourth-order valence-electron chi connectivity index (χ4n) is 4.07. The van der Waals surface area contributed by atoms with E-state index in [1.807, 2.05) is 62.6 Å². The predicted molar refractivity (Wildman–Crippen MR) is 144 cm³/mol. The molecular weight excluding hydrogens is 404 g/mol. The molecule has 1 aromatic rings. The highest BCUT2D eigenvalue weighted by Gasteiger charge is 2.22. The number of aliphatic imine (C=N–C) groups is 1. The zero-order valence-corrected chi connectivity index (χ0v) is 20.4. The van der Waals surface area contributed by atoms with Crippen LogP contribution in [0.3, 0.4) is 0 Å². The molecule has 1 aliphatic carbocycles. The lowest BCUT2D eigenvalue weighted by Crippen LogP contribution is -2.18. The van der Waals surface area contributed by atoms with E-state index in [1.165, 1.54) is 19.1 Å². The smallest absolute Gasteiger partial charge is 0.161 e. The minimum atomic E-state index is 0.276. The zero-order chi connectivity index (χ0) is 24.2. The van der Waals surface area contributed by atoms with E-state index in [9.17, 15) is 0 Å². The normalized spacial score (nSPS) is 20.9. The molecule has 0 radical (unpaired) electrons. The summed E-state index contributed by atoms with van der Waals surface area (Å²) in [4.78, 5) is 4.18. The molecule has 0 saturated heterocycles. The van der Waals surface area contributed by atoms with Crippen molar-refractivity contribution >= 4 is 18.8 Å². The Labute approximate surface area is 199 Å². The van der Waals surface area contributed by atoms with Gasteiger partial charge in [-0.05, 0) is 87.3 Å². The van der Waals surface area contributed by atoms with Crippen LogP contribution in [0.25, 0.3) is 5.82 Å². The second-order valence-electron chi connectivity index (χ2n) is 8.70. The number of allylic oxidation sites excluding steroid dienone is 11. The van der Waals surface area contributed by atoms with Gasteiger partial charge in [0.05, 0.1) is 5.69 Å². The largest absolute Gasteiger partial charge is 0.308 e. The summed E-state index contributed by atoms with van der Waals surface area (Å²) in [6, 6.07) is 1.90. The molecule has 0 spiro atoms. The Morgan fingerprint density at radius 2 is 2.12 bits per heavy atom. The molecular formula is C29H38N4. The standard InChI is InChI=1S/C29H38N4/c1-7-10-14-26(9-3)27(19-24(8-2)12-11-13-25-17-22(4)18-25)20-28(21-30)29(31-6)33-16-15-23(5)32-33/h7-11,13-16,20-22,24-25,30H,2-3,6,12,17-19H2,1,4-5H3/b10-7-,13-11+,26-14+,27-20+,29-28-,30-21?. The number of hydrogen-bond donors (Lipinski definition) is 1. The van der Waals surface area contributed by atoms with E-state index in [0.717, 1.165) is 41.5 Å². The molecule has 0 aromatic carbocycles. The van der Waals surface area contributed by atoms with E-state index in [-0.39, 0.29) is 5.92 Å². The number of nitrogens with one attached hydrogen (secondary N) is 1. The van der Waals surface area contributed by atoms with Gasteiger partial charge in [-0.1, -0.05) is 56.0 Å². The van der Waals surface area contributed by atoms with Gasteiger partial charge in [-0.15, -0.1) is 6.58 Å². The van der Waals surface area contributed by atoms with Gasteiger partial charge in [-0.25, -0.2) is 9.67 Å². The number of aryl methyl sites for hydroxylation is 1. The summed E-state index contributed by atoms with van der Waals surface area (Å²) in [7, 11) is 0. The third-order valence-corrected chi connectivity index (χ3v) is 5.96. The topological polar surface area (TPSA) is 54.0 Å². The van der Waals surface area contributed by atoms with Crippen LogP contribution in [-0.2, 0) is 0 Å². The molecule has 4 heteroatoms. The minimum Gasteiger partial charge on any atom is -0.308 e. The Balaban J connectivity index is 2.40. The molecule has 1 atom stereocenters. The Morgan fingerprint density at radius 3 is 2.64 bits per heavy atom. The highest BCUT2D eigenvalue weighted by Crippen LogP contribution is 2.34. The van der Waals surface area contributed by atoms with Crippen molar-refractivity contribution in [2.75, 3.05) is 0 Å². The molecule has 1 unspecified atom stereocenters. The summed E-state index contributed by atoms with van der Waals surface area (Å²) in [5.41, 5.74) is 3.60. The summed E-state index contributed by atoms with van der Waals surface area (Å²) in [5.74, 6) is 2.39. The third-order valence-electron chi connectivity index (χ3n) is 5.96. The number of aromatic nitrogens is 2. The Hall–Kier alpha value is -3.27. The van der Waals surface area contributed by atoms with Crippen LogP contribution in [0.2, 0.25) is 0 Å². The number of nitrogens with zero attached hydrogens (tertiary/aromatic N) is 3. The van der Waals surface area contributed by atoms with Crippen LogP contribution >= 0.6 is 0 Å². The van der Waals surface area contributed by atoms with Crippen LogP contribution < -0.4 is 0 Å². The first-order valence-electron chi connectivity index (χ1n) is 11.6. The molecule has 1 aliphatic rings. The lowest BCUT2D eigenvalue weighted by molar-refractivity contribution is 0.262. The van der Waals surface area contributed by atoms with Crippen molar-refractivity contribution in [2.24, 2.45) is 22.7 Å². The monoisotopic (exact) mass is 442 g/mol. The quantitative estimate of drug-likeness (QED) is 0.192. The van der Waals surface area contributed by atoms with Crippen LogP contribution in [0.1, 0.15) is 45.2 Å². The molecule has 1 aromatic heterocycles. The molecule has 1 heterocycles. The highest BCUT2D eigenvalue weighted by atomic mass is 15.3. The average molecular weight is 443 g/mol. The van der Waals surface area contributed by atoms with Crippen molar-refractivity contribution in [2.45, 2.75) is 46.5 Å². The van der Waals surface area contributed by atoms with Gasteiger partial charge >= 0.3 is 0 Å². The van der Waals surface area contributed by atoms with E-state index < -0.39 is 0 Å². The molecule has 174 valence electrons. The van der Waals surface area contributed by atoms with Gasteiger partial charge in [0.2, 0.25) is 0 Å². The maximum absolute atomic E-state index is 8.06.